The predicted molar refractivity (Wildman–Crippen MR) is 198 cm³/mol. The van der Waals surface area contributed by atoms with E-state index in [2.05, 4.69) is 20.4 Å². The molecule has 4 aromatic rings. The minimum Gasteiger partial charge on any atom is -0.494 e. The van der Waals surface area contributed by atoms with Gasteiger partial charge >= 0.3 is 0 Å². The third-order valence-corrected chi connectivity index (χ3v) is 10.5. The molecule has 0 atom stereocenters. The molecule has 8 nitrogen and oxygen atoms in total. The molecule has 0 saturated heterocycles. The molecule has 0 aliphatic carbocycles. The number of hydrogen-bond acceptors (Lipinski definition) is 10. The molecule has 2 aromatic heterocycles. The summed E-state index contributed by atoms with van der Waals surface area (Å²) in [5.74, 6) is 1.76. The fraction of sp³-hybridized carbons (Fsp3) is 0.579. The molecule has 4 rings (SSSR count). The van der Waals surface area contributed by atoms with Gasteiger partial charge in [-0.3, -0.25) is 0 Å². The number of unbranched alkanes of at least 4 members (excludes halogenated alkanes) is 16. The predicted octanol–water partition coefficient (Wildman–Crippen LogP) is 10.2. The summed E-state index contributed by atoms with van der Waals surface area (Å²) < 4.78 is 11.9. The van der Waals surface area contributed by atoms with Crippen molar-refractivity contribution in [3.05, 3.63) is 48.5 Å². The molecule has 0 fully saturated rings. The molecule has 2 heterocycles. The summed E-state index contributed by atoms with van der Waals surface area (Å²) in [5, 5.41) is 38.5. The van der Waals surface area contributed by atoms with Crippen LogP contribution >= 0.6 is 22.7 Å². The van der Waals surface area contributed by atoms with Gasteiger partial charge in [-0.2, -0.15) is 0 Å². The van der Waals surface area contributed by atoms with Gasteiger partial charge in [-0.1, -0.05) is 113 Å². The van der Waals surface area contributed by atoms with Gasteiger partial charge < -0.3 is 19.7 Å². The second kappa shape index (κ2) is 23.4. The van der Waals surface area contributed by atoms with Crippen molar-refractivity contribution < 1.29 is 19.7 Å². The Hall–Kier alpha value is -2.92. The molecule has 0 radical (unpaired) electrons. The van der Waals surface area contributed by atoms with Crippen LogP contribution in [0.2, 0.25) is 0 Å². The fourth-order valence-corrected chi connectivity index (χ4v) is 7.23. The Labute approximate surface area is 295 Å². The highest BCUT2D eigenvalue weighted by molar-refractivity contribution is 7.24. The van der Waals surface area contributed by atoms with Crippen LogP contribution < -0.4 is 9.47 Å². The maximum Gasteiger partial charge on any atom is 0.178 e. The first-order valence-electron chi connectivity index (χ1n) is 18.1. The van der Waals surface area contributed by atoms with Gasteiger partial charge in [-0.15, -0.1) is 20.4 Å². The Bertz CT molecular complexity index is 1270. The second-order valence-corrected chi connectivity index (χ2v) is 14.3. The number of aliphatic hydroxyl groups excluding tert-OH is 2. The molecule has 0 amide bonds. The lowest BCUT2D eigenvalue weighted by Gasteiger charge is -2.07. The topological polar surface area (TPSA) is 110 Å². The summed E-state index contributed by atoms with van der Waals surface area (Å²) in [6.07, 6.45) is 21.4. The third-order valence-electron chi connectivity index (χ3n) is 8.38. The smallest absolute Gasteiger partial charge is 0.178 e. The lowest BCUT2D eigenvalue weighted by molar-refractivity contribution is 0.282. The van der Waals surface area contributed by atoms with Crippen molar-refractivity contribution in [3.8, 4) is 42.7 Å². The van der Waals surface area contributed by atoms with Gasteiger partial charge in [0, 0.05) is 24.3 Å². The first-order chi connectivity index (χ1) is 23.8. The van der Waals surface area contributed by atoms with Crippen LogP contribution in [0.4, 0.5) is 0 Å². The second-order valence-electron chi connectivity index (χ2n) is 12.4. The van der Waals surface area contributed by atoms with E-state index in [1.165, 1.54) is 99.7 Å². The quantitative estimate of drug-likeness (QED) is 0.0594. The van der Waals surface area contributed by atoms with Crippen LogP contribution in [0.3, 0.4) is 0 Å². The van der Waals surface area contributed by atoms with Crippen LogP contribution in [-0.2, 0) is 0 Å². The number of ether oxygens (including phenoxy) is 2. The van der Waals surface area contributed by atoms with Crippen LogP contribution in [-0.4, -0.2) is 57.0 Å². The van der Waals surface area contributed by atoms with E-state index in [4.69, 9.17) is 19.7 Å². The SMILES string of the molecule is OCCCCCCCCCCCOc1ccc(-c2nnc(-c3nnc(-c4ccc(OCCCCCCCCCCCO)cc4)s3)s2)cc1. The molecule has 10 heteroatoms. The molecular formula is C38H54N4O4S2. The summed E-state index contributed by atoms with van der Waals surface area (Å²) in [5.41, 5.74) is 2.02. The number of hydrogen-bond donors (Lipinski definition) is 2. The Balaban J connectivity index is 1.12. The molecule has 0 spiro atoms. The molecule has 262 valence electrons. The van der Waals surface area contributed by atoms with Gasteiger partial charge in [0.1, 0.15) is 21.5 Å². The van der Waals surface area contributed by atoms with Gasteiger partial charge in [0.2, 0.25) is 0 Å². The monoisotopic (exact) mass is 694 g/mol. The molecule has 0 unspecified atom stereocenters. The summed E-state index contributed by atoms with van der Waals surface area (Å²) in [4.78, 5) is 0. The van der Waals surface area contributed by atoms with E-state index in [-0.39, 0.29) is 0 Å². The lowest BCUT2D eigenvalue weighted by atomic mass is 10.1. The molecular weight excluding hydrogens is 641 g/mol. The minimum absolute atomic E-state index is 0.321. The van der Waals surface area contributed by atoms with Crippen molar-refractivity contribution in [2.45, 2.75) is 116 Å². The van der Waals surface area contributed by atoms with Gasteiger partial charge in [0.25, 0.3) is 0 Å². The van der Waals surface area contributed by atoms with E-state index in [9.17, 15) is 0 Å². The summed E-state index contributed by atoms with van der Waals surface area (Å²) in [6.45, 7) is 2.12. The van der Waals surface area contributed by atoms with E-state index >= 15 is 0 Å². The highest BCUT2D eigenvalue weighted by Crippen LogP contribution is 2.35. The average Bonchev–Trinajstić information content (AvgIpc) is 3.81. The number of nitrogens with zero attached hydrogens (tertiary/aromatic N) is 4. The van der Waals surface area contributed by atoms with Crippen molar-refractivity contribution >= 4 is 22.7 Å². The molecule has 48 heavy (non-hydrogen) atoms. The summed E-state index contributed by atoms with van der Waals surface area (Å²) in [6, 6.07) is 16.2. The molecule has 2 aromatic carbocycles. The summed E-state index contributed by atoms with van der Waals surface area (Å²) >= 11 is 3.04. The number of aromatic nitrogens is 4. The van der Waals surface area contributed by atoms with Crippen molar-refractivity contribution in [3.63, 3.8) is 0 Å². The van der Waals surface area contributed by atoms with Crippen molar-refractivity contribution in [2.24, 2.45) is 0 Å². The Morgan fingerprint density at radius 3 is 1.00 bits per heavy atom. The highest BCUT2D eigenvalue weighted by Gasteiger charge is 2.15. The molecule has 0 saturated carbocycles. The largest absolute Gasteiger partial charge is 0.494 e. The number of aliphatic hydroxyl groups is 2. The van der Waals surface area contributed by atoms with E-state index in [0.717, 1.165) is 94.4 Å². The Morgan fingerprint density at radius 1 is 0.375 bits per heavy atom. The van der Waals surface area contributed by atoms with Gasteiger partial charge in [0.15, 0.2) is 10.0 Å². The fourth-order valence-electron chi connectivity index (χ4n) is 5.52. The Kier molecular flexibility index (Phi) is 18.5. The van der Waals surface area contributed by atoms with Crippen LogP contribution in [0.1, 0.15) is 116 Å². The van der Waals surface area contributed by atoms with Crippen LogP contribution in [0.25, 0.3) is 31.2 Å². The molecule has 0 aliphatic heterocycles. The van der Waals surface area contributed by atoms with E-state index in [1.807, 2.05) is 48.5 Å². The van der Waals surface area contributed by atoms with Crippen molar-refractivity contribution in [1.82, 2.24) is 20.4 Å². The zero-order valence-electron chi connectivity index (χ0n) is 28.5. The van der Waals surface area contributed by atoms with Crippen LogP contribution in [0, 0.1) is 0 Å². The van der Waals surface area contributed by atoms with Crippen LogP contribution in [0.5, 0.6) is 11.5 Å². The standard InChI is InChI=1S/C38H54N4O4S2/c43-27-15-11-7-3-1-5-9-13-17-29-45-33-23-19-31(20-24-33)35-39-41-37(47-35)38-42-40-36(48-38)32-21-25-34(26-22-32)46-30-18-14-10-6-2-4-8-12-16-28-44/h19-26,43-44H,1-18,27-30H2. The molecule has 0 bridgehead atoms. The number of benzene rings is 2. The zero-order valence-corrected chi connectivity index (χ0v) is 30.1. The first-order valence-corrected chi connectivity index (χ1v) is 19.8. The third kappa shape index (κ3) is 14.3. The van der Waals surface area contributed by atoms with Crippen molar-refractivity contribution in [2.75, 3.05) is 26.4 Å². The maximum atomic E-state index is 8.84. The Morgan fingerprint density at radius 2 is 0.667 bits per heavy atom. The molecule has 2 N–H and O–H groups in total. The van der Waals surface area contributed by atoms with Crippen molar-refractivity contribution in [1.29, 1.82) is 0 Å². The zero-order chi connectivity index (χ0) is 33.5. The summed E-state index contributed by atoms with van der Waals surface area (Å²) in [7, 11) is 0. The highest BCUT2D eigenvalue weighted by atomic mass is 32.1. The lowest BCUT2D eigenvalue weighted by Crippen LogP contribution is -1.97. The van der Waals surface area contributed by atoms with Gasteiger partial charge in [-0.05, 0) is 74.2 Å². The minimum atomic E-state index is 0.321. The van der Waals surface area contributed by atoms with E-state index < -0.39 is 0 Å². The number of rotatable bonds is 27. The van der Waals surface area contributed by atoms with E-state index in [0.29, 0.717) is 13.2 Å². The van der Waals surface area contributed by atoms with Gasteiger partial charge in [-0.25, -0.2) is 0 Å². The normalized spacial score (nSPS) is 11.3. The first kappa shape index (κ1) is 37.9. The van der Waals surface area contributed by atoms with Crippen LogP contribution in [0.15, 0.2) is 48.5 Å². The average molecular weight is 695 g/mol. The van der Waals surface area contributed by atoms with Gasteiger partial charge in [0.05, 0.1) is 13.2 Å². The maximum absolute atomic E-state index is 8.84. The van der Waals surface area contributed by atoms with E-state index in [1.54, 1.807) is 0 Å². The molecule has 0 aliphatic rings.